The predicted molar refractivity (Wildman–Crippen MR) is 114 cm³/mol. The van der Waals surface area contributed by atoms with E-state index in [2.05, 4.69) is 5.32 Å². The second kappa shape index (κ2) is 7.04. The Kier molecular flexibility index (Phi) is 4.37. The van der Waals surface area contributed by atoms with E-state index in [-0.39, 0.29) is 11.7 Å². The number of rotatable bonds is 2. The third-order valence-electron chi connectivity index (χ3n) is 5.20. The molecule has 2 aliphatic rings. The monoisotopic (exact) mass is 406 g/mol. The fourth-order valence-electron chi connectivity index (χ4n) is 3.99. The summed E-state index contributed by atoms with van der Waals surface area (Å²) >= 11 is 3.01. The van der Waals surface area contributed by atoms with Crippen LogP contribution in [0.25, 0.3) is 0 Å². The zero-order valence-corrected chi connectivity index (χ0v) is 16.7. The number of para-hydroxylation sites is 2. The molecule has 1 aliphatic heterocycles. The first kappa shape index (κ1) is 17.4. The van der Waals surface area contributed by atoms with E-state index in [9.17, 15) is 9.59 Å². The van der Waals surface area contributed by atoms with E-state index in [0.717, 1.165) is 40.4 Å². The van der Waals surface area contributed by atoms with Crippen LogP contribution in [0.4, 0.5) is 11.4 Å². The number of fused-ring (bicyclic) bond motifs is 1. The fourth-order valence-corrected chi connectivity index (χ4v) is 5.48. The molecule has 0 bridgehead atoms. The molecule has 4 nitrogen and oxygen atoms in total. The lowest BCUT2D eigenvalue weighted by atomic mass is 9.88. The molecule has 0 radical (unpaired) electrons. The van der Waals surface area contributed by atoms with Crippen molar-refractivity contribution in [2.45, 2.75) is 25.3 Å². The fraction of sp³-hybridized carbons (Fsp3) is 0.182. The standard InChI is InChI=1S/C22H18N2O2S2/c25-17-9-3-7-15-20(17)21(18-10-4-12-27-18)24(22(26)19-11-5-13-28-19)16-8-2-1-6-14(16)23-15/h1-2,4-6,8,10-13,21,23H,3,7,9H2. The van der Waals surface area contributed by atoms with Gasteiger partial charge in [0.15, 0.2) is 5.78 Å². The van der Waals surface area contributed by atoms with Crippen molar-refractivity contribution in [2.24, 2.45) is 0 Å². The minimum atomic E-state index is -0.409. The molecule has 1 N–H and O–H groups in total. The van der Waals surface area contributed by atoms with Crippen molar-refractivity contribution in [3.05, 3.63) is 80.3 Å². The van der Waals surface area contributed by atoms with Gasteiger partial charge in [0.1, 0.15) is 6.04 Å². The lowest BCUT2D eigenvalue weighted by molar-refractivity contribution is -0.116. The average Bonchev–Trinajstić information content (AvgIpc) is 3.39. The zero-order valence-electron chi connectivity index (χ0n) is 15.1. The molecule has 3 heterocycles. The summed E-state index contributed by atoms with van der Waals surface area (Å²) < 4.78 is 0. The van der Waals surface area contributed by atoms with Gasteiger partial charge in [0.25, 0.3) is 5.91 Å². The zero-order chi connectivity index (χ0) is 19.1. The maximum absolute atomic E-state index is 13.6. The van der Waals surface area contributed by atoms with E-state index in [1.54, 1.807) is 11.3 Å². The summed E-state index contributed by atoms with van der Waals surface area (Å²) in [4.78, 5) is 30.2. The van der Waals surface area contributed by atoms with Crippen molar-refractivity contribution in [1.82, 2.24) is 0 Å². The molecule has 3 aromatic rings. The van der Waals surface area contributed by atoms with Crippen LogP contribution in [0, 0.1) is 0 Å². The quantitative estimate of drug-likeness (QED) is 0.600. The number of hydrogen-bond acceptors (Lipinski definition) is 5. The first-order valence-electron chi connectivity index (χ1n) is 9.27. The number of thiophene rings is 2. The Hall–Kier alpha value is -2.70. The molecule has 1 aliphatic carbocycles. The summed E-state index contributed by atoms with van der Waals surface area (Å²) in [7, 11) is 0. The van der Waals surface area contributed by atoms with Gasteiger partial charge in [0, 0.05) is 22.6 Å². The second-order valence-electron chi connectivity index (χ2n) is 6.88. The maximum Gasteiger partial charge on any atom is 0.269 e. The van der Waals surface area contributed by atoms with E-state index < -0.39 is 6.04 Å². The van der Waals surface area contributed by atoms with Gasteiger partial charge in [-0.15, -0.1) is 22.7 Å². The normalized spacial score (nSPS) is 18.9. The number of nitrogens with zero attached hydrogens (tertiary/aromatic N) is 1. The molecule has 1 amide bonds. The van der Waals surface area contributed by atoms with Gasteiger partial charge in [-0.1, -0.05) is 24.3 Å². The predicted octanol–water partition coefficient (Wildman–Crippen LogP) is 5.63. The third kappa shape index (κ3) is 2.80. The maximum atomic E-state index is 13.6. The molecule has 0 spiro atoms. The summed E-state index contributed by atoms with van der Waals surface area (Å²) in [6.45, 7) is 0. The van der Waals surface area contributed by atoms with Crippen LogP contribution in [0.1, 0.15) is 39.9 Å². The van der Waals surface area contributed by atoms with Crippen LogP contribution in [0.5, 0.6) is 0 Å². The highest BCUT2D eigenvalue weighted by atomic mass is 32.1. The smallest absolute Gasteiger partial charge is 0.269 e. The van der Waals surface area contributed by atoms with Crippen molar-refractivity contribution in [3.8, 4) is 0 Å². The molecule has 0 fully saturated rings. The molecule has 0 saturated heterocycles. The van der Waals surface area contributed by atoms with E-state index >= 15 is 0 Å². The van der Waals surface area contributed by atoms with E-state index in [1.807, 2.05) is 64.2 Å². The number of carbonyl (C=O) groups is 2. The Morgan fingerprint density at radius 3 is 2.61 bits per heavy atom. The van der Waals surface area contributed by atoms with Gasteiger partial charge in [0.05, 0.1) is 16.3 Å². The van der Waals surface area contributed by atoms with Gasteiger partial charge in [-0.05, 0) is 47.9 Å². The number of ketones is 1. The Morgan fingerprint density at radius 2 is 1.82 bits per heavy atom. The Morgan fingerprint density at radius 1 is 1.00 bits per heavy atom. The molecule has 1 atom stereocenters. The number of hydrogen-bond donors (Lipinski definition) is 1. The van der Waals surface area contributed by atoms with Crippen LogP contribution in [0.3, 0.4) is 0 Å². The van der Waals surface area contributed by atoms with Crippen LogP contribution in [-0.2, 0) is 4.79 Å². The van der Waals surface area contributed by atoms with Crippen molar-refractivity contribution < 1.29 is 9.59 Å². The Balaban J connectivity index is 1.78. The molecule has 2 aromatic heterocycles. The van der Waals surface area contributed by atoms with Gasteiger partial charge in [-0.3, -0.25) is 14.5 Å². The lowest BCUT2D eigenvalue weighted by Crippen LogP contribution is -2.37. The highest BCUT2D eigenvalue weighted by Gasteiger charge is 2.40. The summed E-state index contributed by atoms with van der Waals surface area (Å²) in [5, 5.41) is 7.40. The molecule has 28 heavy (non-hydrogen) atoms. The number of anilines is 2. The Bertz CT molecular complexity index is 1070. The molecular weight excluding hydrogens is 388 g/mol. The van der Waals surface area contributed by atoms with Crippen LogP contribution < -0.4 is 10.2 Å². The van der Waals surface area contributed by atoms with Crippen molar-refractivity contribution in [3.63, 3.8) is 0 Å². The highest BCUT2D eigenvalue weighted by molar-refractivity contribution is 7.12. The number of Topliss-reactive ketones (excluding diaryl/α,β-unsaturated/α-hetero) is 1. The molecular formula is C22H18N2O2S2. The van der Waals surface area contributed by atoms with Gasteiger partial charge in [-0.25, -0.2) is 0 Å². The van der Waals surface area contributed by atoms with E-state index in [1.165, 1.54) is 11.3 Å². The molecule has 140 valence electrons. The van der Waals surface area contributed by atoms with Gasteiger partial charge in [-0.2, -0.15) is 0 Å². The number of allylic oxidation sites excluding steroid dienone is 1. The van der Waals surface area contributed by atoms with Crippen LogP contribution >= 0.6 is 22.7 Å². The van der Waals surface area contributed by atoms with E-state index in [4.69, 9.17) is 0 Å². The molecule has 0 saturated carbocycles. The SMILES string of the molecule is O=C1CCCC2=C1C(c1cccs1)N(C(=O)c1cccs1)c1ccccc1N2. The lowest BCUT2D eigenvalue weighted by Gasteiger charge is -2.32. The van der Waals surface area contributed by atoms with Gasteiger partial charge >= 0.3 is 0 Å². The second-order valence-corrected chi connectivity index (χ2v) is 8.81. The van der Waals surface area contributed by atoms with Gasteiger partial charge < -0.3 is 5.32 Å². The van der Waals surface area contributed by atoms with Crippen LogP contribution in [0.2, 0.25) is 0 Å². The summed E-state index contributed by atoms with van der Waals surface area (Å²) in [5.74, 6) is 0.0544. The average molecular weight is 407 g/mol. The molecule has 1 aromatic carbocycles. The molecule has 1 unspecified atom stereocenters. The first-order valence-corrected chi connectivity index (χ1v) is 11.0. The van der Waals surface area contributed by atoms with Crippen molar-refractivity contribution in [2.75, 3.05) is 10.2 Å². The van der Waals surface area contributed by atoms with Crippen molar-refractivity contribution >= 4 is 45.7 Å². The highest BCUT2D eigenvalue weighted by Crippen LogP contribution is 2.46. The molecule has 6 heteroatoms. The van der Waals surface area contributed by atoms with Crippen molar-refractivity contribution in [1.29, 1.82) is 0 Å². The largest absolute Gasteiger partial charge is 0.357 e. The minimum absolute atomic E-state index is 0.0743. The summed E-state index contributed by atoms with van der Waals surface area (Å²) in [5.41, 5.74) is 3.36. The minimum Gasteiger partial charge on any atom is -0.357 e. The van der Waals surface area contributed by atoms with E-state index in [0.29, 0.717) is 11.3 Å². The Labute approximate surface area is 171 Å². The van der Waals surface area contributed by atoms with Crippen LogP contribution in [-0.4, -0.2) is 11.7 Å². The summed E-state index contributed by atoms with van der Waals surface area (Å²) in [6.07, 6.45) is 2.18. The first-order chi connectivity index (χ1) is 13.7. The third-order valence-corrected chi connectivity index (χ3v) is 6.98. The number of benzene rings is 1. The number of amides is 1. The molecule has 5 rings (SSSR count). The topological polar surface area (TPSA) is 49.4 Å². The summed E-state index contributed by atoms with van der Waals surface area (Å²) in [6, 6.07) is 15.1. The number of nitrogens with one attached hydrogen (secondary N) is 1. The van der Waals surface area contributed by atoms with Crippen LogP contribution in [0.15, 0.2) is 70.6 Å². The number of carbonyl (C=O) groups excluding carboxylic acids is 2. The van der Waals surface area contributed by atoms with Gasteiger partial charge in [0.2, 0.25) is 0 Å².